The van der Waals surface area contributed by atoms with Gasteiger partial charge in [0.1, 0.15) is 5.82 Å². The van der Waals surface area contributed by atoms with Crippen LogP contribution < -0.4 is 10.6 Å². The van der Waals surface area contributed by atoms with Crippen LogP contribution in [0, 0.1) is 0 Å². The van der Waals surface area contributed by atoms with Crippen molar-refractivity contribution in [3.05, 3.63) is 47.7 Å². The number of anilines is 2. The zero-order chi connectivity index (χ0) is 16.8. The molecule has 0 atom stereocenters. The molecule has 1 heterocycles. The summed E-state index contributed by atoms with van der Waals surface area (Å²) < 4.78 is 0. The van der Waals surface area contributed by atoms with Crippen molar-refractivity contribution in [1.82, 2.24) is 10.2 Å². The number of nitrogens with one attached hydrogen (secondary N) is 2. The van der Waals surface area contributed by atoms with Crippen LogP contribution in [0.25, 0.3) is 0 Å². The van der Waals surface area contributed by atoms with Crippen LogP contribution in [0.15, 0.2) is 36.4 Å². The average molecular weight is 324 g/mol. The van der Waals surface area contributed by atoms with E-state index in [-0.39, 0.29) is 5.91 Å². The van der Waals surface area contributed by atoms with E-state index >= 15 is 0 Å². The molecule has 1 amide bonds. The molecule has 2 N–H and O–H groups in total. The van der Waals surface area contributed by atoms with Crippen molar-refractivity contribution in [3.8, 4) is 0 Å². The molecule has 126 valence electrons. The number of carbonyl (C=O) groups is 1. The third kappa shape index (κ3) is 4.31. The maximum absolute atomic E-state index is 12.2. The molecule has 24 heavy (non-hydrogen) atoms. The summed E-state index contributed by atoms with van der Waals surface area (Å²) in [6, 6.07) is 11.9. The second-order valence-corrected chi connectivity index (χ2v) is 6.29. The first-order valence-electron chi connectivity index (χ1n) is 8.75. The summed E-state index contributed by atoms with van der Waals surface area (Å²) >= 11 is 0. The molecule has 2 aromatic rings. The number of nitrogens with zero attached hydrogens (tertiary/aromatic N) is 2. The zero-order valence-corrected chi connectivity index (χ0v) is 14.1. The largest absolute Gasteiger partial charge is 0.366 e. The Balaban J connectivity index is 1.58. The molecule has 1 aromatic carbocycles. The highest BCUT2D eigenvalue weighted by Gasteiger charge is 2.14. The number of carbonyl (C=O) groups excluding carboxylic acids is 1. The van der Waals surface area contributed by atoms with E-state index < -0.39 is 0 Å². The standard InChI is InChI=1S/C19H24N4O/c1-2-14-8-10-16(11-9-14)21-19(24)17-12-13-18(23-22-17)20-15-6-4-3-5-7-15/h8-13,15H,2-7H2,1H3,(H,20,23)(H,21,24). The topological polar surface area (TPSA) is 66.9 Å². The van der Waals surface area contributed by atoms with Gasteiger partial charge in [-0.25, -0.2) is 0 Å². The van der Waals surface area contributed by atoms with Gasteiger partial charge in [0.2, 0.25) is 0 Å². The molecule has 1 aliphatic rings. The number of aromatic nitrogens is 2. The van der Waals surface area contributed by atoms with Gasteiger partial charge in [-0.1, -0.05) is 38.3 Å². The molecule has 1 saturated carbocycles. The van der Waals surface area contributed by atoms with E-state index in [0.29, 0.717) is 11.7 Å². The molecular weight excluding hydrogens is 300 g/mol. The SMILES string of the molecule is CCc1ccc(NC(=O)c2ccc(NC3CCCCC3)nn2)cc1. The van der Waals surface area contributed by atoms with E-state index in [2.05, 4.69) is 27.8 Å². The number of benzene rings is 1. The minimum Gasteiger partial charge on any atom is -0.366 e. The van der Waals surface area contributed by atoms with Crippen molar-refractivity contribution in [2.45, 2.75) is 51.5 Å². The van der Waals surface area contributed by atoms with Gasteiger partial charge in [0.05, 0.1) is 0 Å². The molecule has 0 unspecified atom stereocenters. The van der Waals surface area contributed by atoms with Crippen molar-refractivity contribution in [3.63, 3.8) is 0 Å². The molecule has 0 bridgehead atoms. The normalized spacial score (nSPS) is 15.0. The second kappa shape index (κ2) is 7.90. The summed E-state index contributed by atoms with van der Waals surface area (Å²) in [6.07, 6.45) is 7.19. The molecular formula is C19H24N4O. The van der Waals surface area contributed by atoms with Gasteiger partial charge >= 0.3 is 0 Å². The molecule has 1 fully saturated rings. The highest BCUT2D eigenvalue weighted by molar-refractivity contribution is 6.02. The van der Waals surface area contributed by atoms with E-state index in [0.717, 1.165) is 17.9 Å². The number of rotatable bonds is 5. The Morgan fingerprint density at radius 3 is 2.42 bits per heavy atom. The van der Waals surface area contributed by atoms with Crippen LogP contribution in [-0.4, -0.2) is 22.1 Å². The summed E-state index contributed by atoms with van der Waals surface area (Å²) in [5, 5.41) is 14.4. The summed E-state index contributed by atoms with van der Waals surface area (Å²) in [6.45, 7) is 2.10. The molecule has 0 aliphatic heterocycles. The first-order chi connectivity index (χ1) is 11.7. The van der Waals surface area contributed by atoms with Gasteiger partial charge in [-0.3, -0.25) is 4.79 Å². The van der Waals surface area contributed by atoms with Crippen molar-refractivity contribution in [1.29, 1.82) is 0 Å². The summed E-state index contributed by atoms with van der Waals surface area (Å²) in [7, 11) is 0. The minimum atomic E-state index is -0.240. The quantitative estimate of drug-likeness (QED) is 0.871. The van der Waals surface area contributed by atoms with E-state index in [4.69, 9.17) is 0 Å². The lowest BCUT2D eigenvalue weighted by atomic mass is 9.95. The molecule has 0 radical (unpaired) electrons. The van der Waals surface area contributed by atoms with Crippen LogP contribution >= 0.6 is 0 Å². The average Bonchev–Trinajstić information content (AvgIpc) is 2.64. The lowest BCUT2D eigenvalue weighted by molar-refractivity contribution is 0.102. The predicted molar refractivity (Wildman–Crippen MR) is 96.3 cm³/mol. The lowest BCUT2D eigenvalue weighted by Crippen LogP contribution is -2.23. The van der Waals surface area contributed by atoms with Gasteiger partial charge in [-0.15, -0.1) is 10.2 Å². The molecule has 1 aliphatic carbocycles. The van der Waals surface area contributed by atoms with Gasteiger partial charge in [0, 0.05) is 11.7 Å². The Kier molecular flexibility index (Phi) is 5.41. The molecule has 1 aromatic heterocycles. The molecule has 5 heteroatoms. The van der Waals surface area contributed by atoms with E-state index in [1.165, 1.54) is 37.7 Å². The summed E-state index contributed by atoms with van der Waals surface area (Å²) in [5.74, 6) is 0.502. The maximum Gasteiger partial charge on any atom is 0.276 e. The first kappa shape index (κ1) is 16.4. The second-order valence-electron chi connectivity index (χ2n) is 6.29. The lowest BCUT2D eigenvalue weighted by Gasteiger charge is -2.22. The number of hydrogen-bond donors (Lipinski definition) is 2. The number of hydrogen-bond acceptors (Lipinski definition) is 4. The highest BCUT2D eigenvalue weighted by Crippen LogP contribution is 2.20. The molecule has 0 spiro atoms. The van der Waals surface area contributed by atoms with Crippen LogP contribution in [0.3, 0.4) is 0 Å². The van der Waals surface area contributed by atoms with Gasteiger partial charge < -0.3 is 10.6 Å². The highest BCUT2D eigenvalue weighted by atomic mass is 16.1. The van der Waals surface area contributed by atoms with Gasteiger partial charge in [0.15, 0.2) is 5.69 Å². The van der Waals surface area contributed by atoms with Crippen LogP contribution in [-0.2, 0) is 6.42 Å². The Bertz CT molecular complexity index is 661. The third-order valence-corrected chi connectivity index (χ3v) is 4.47. The fraction of sp³-hybridized carbons (Fsp3) is 0.421. The van der Waals surface area contributed by atoms with Crippen LogP contribution in [0.5, 0.6) is 0 Å². The van der Waals surface area contributed by atoms with Crippen molar-refractivity contribution < 1.29 is 4.79 Å². The van der Waals surface area contributed by atoms with Gasteiger partial charge in [-0.2, -0.15) is 0 Å². The smallest absolute Gasteiger partial charge is 0.276 e. The van der Waals surface area contributed by atoms with Crippen LogP contribution in [0.2, 0.25) is 0 Å². The van der Waals surface area contributed by atoms with Crippen LogP contribution in [0.1, 0.15) is 55.1 Å². The Labute approximate surface area is 142 Å². The number of aryl methyl sites for hydroxylation is 1. The van der Waals surface area contributed by atoms with Crippen LogP contribution in [0.4, 0.5) is 11.5 Å². The monoisotopic (exact) mass is 324 g/mol. The fourth-order valence-electron chi connectivity index (χ4n) is 3.01. The first-order valence-corrected chi connectivity index (χ1v) is 8.75. The van der Waals surface area contributed by atoms with Crippen molar-refractivity contribution in [2.75, 3.05) is 10.6 Å². The number of amides is 1. The van der Waals surface area contributed by atoms with Crippen molar-refractivity contribution in [2.24, 2.45) is 0 Å². The predicted octanol–water partition coefficient (Wildman–Crippen LogP) is 4.04. The Morgan fingerprint density at radius 2 is 1.79 bits per heavy atom. The minimum absolute atomic E-state index is 0.240. The Morgan fingerprint density at radius 1 is 1.04 bits per heavy atom. The van der Waals surface area contributed by atoms with E-state index in [1.807, 2.05) is 30.3 Å². The Hall–Kier alpha value is -2.43. The maximum atomic E-state index is 12.2. The fourth-order valence-corrected chi connectivity index (χ4v) is 3.01. The molecule has 5 nitrogen and oxygen atoms in total. The molecule has 3 rings (SSSR count). The van der Waals surface area contributed by atoms with E-state index in [9.17, 15) is 4.79 Å². The molecule has 0 saturated heterocycles. The van der Waals surface area contributed by atoms with E-state index in [1.54, 1.807) is 6.07 Å². The van der Waals surface area contributed by atoms with Crippen molar-refractivity contribution >= 4 is 17.4 Å². The zero-order valence-electron chi connectivity index (χ0n) is 14.1. The summed E-state index contributed by atoms with van der Waals surface area (Å²) in [5.41, 5.74) is 2.33. The summed E-state index contributed by atoms with van der Waals surface area (Å²) in [4.78, 5) is 12.2. The van der Waals surface area contributed by atoms with Gasteiger partial charge in [-0.05, 0) is 49.1 Å². The van der Waals surface area contributed by atoms with Gasteiger partial charge in [0.25, 0.3) is 5.91 Å². The third-order valence-electron chi connectivity index (χ3n) is 4.47.